The van der Waals surface area contributed by atoms with Crippen LogP contribution in [0.25, 0.3) is 0 Å². The Kier molecular flexibility index (Phi) is 1.55. The number of allylic oxidation sites excluding steroid dienone is 2. The van der Waals surface area contributed by atoms with Crippen LogP contribution in [0.4, 0.5) is 0 Å². The van der Waals surface area contributed by atoms with E-state index >= 15 is 0 Å². The van der Waals surface area contributed by atoms with Gasteiger partial charge in [-0.15, -0.1) is 0 Å². The predicted molar refractivity (Wildman–Crippen MR) is 39.8 cm³/mol. The summed E-state index contributed by atoms with van der Waals surface area (Å²) in [4.78, 5) is 0. The van der Waals surface area contributed by atoms with E-state index in [-0.39, 0.29) is 6.04 Å². The lowest BCUT2D eigenvalue weighted by Gasteiger charge is -2.08. The van der Waals surface area contributed by atoms with Crippen LogP contribution in [-0.4, -0.2) is 21.1 Å². The molecule has 0 aliphatic heterocycles. The highest BCUT2D eigenvalue weighted by Crippen LogP contribution is 1.93. The first kappa shape index (κ1) is 5.66. The fraction of sp³-hybridized carbons (Fsp3) is 0.167. The van der Waals surface area contributed by atoms with Crippen molar-refractivity contribution in [3.63, 3.8) is 0 Å². The molecule has 0 aromatic rings. The maximum absolute atomic E-state index is 5.61. The first-order valence-corrected chi connectivity index (χ1v) is 3.30. The smallest absolute Gasteiger partial charge is 0.0434 e. The van der Waals surface area contributed by atoms with Gasteiger partial charge >= 0.3 is 0 Å². The molecule has 0 radical (unpaired) electrons. The van der Waals surface area contributed by atoms with Gasteiger partial charge in [-0.1, -0.05) is 29.5 Å². The summed E-state index contributed by atoms with van der Waals surface area (Å²) in [7, 11) is 1.84. The third-order valence-electron chi connectivity index (χ3n) is 1.17. The van der Waals surface area contributed by atoms with Crippen LogP contribution in [0.1, 0.15) is 0 Å². The zero-order valence-corrected chi connectivity index (χ0v) is 6.09. The zero-order valence-electron chi connectivity index (χ0n) is 4.67. The van der Waals surface area contributed by atoms with Crippen LogP contribution in [-0.2, 0) is 0 Å². The van der Waals surface area contributed by atoms with Gasteiger partial charge in [0.05, 0.1) is 0 Å². The molecule has 0 aromatic heterocycles. The van der Waals surface area contributed by atoms with E-state index in [9.17, 15) is 0 Å². The molecule has 1 aliphatic carbocycles. The largest absolute Gasteiger partial charge is 0.321 e. The number of hydrogen-bond donors (Lipinski definition) is 1. The Balaban J connectivity index is 2.74. The van der Waals surface area contributed by atoms with Crippen LogP contribution in [0.5, 0.6) is 0 Å². The lowest BCUT2D eigenvalue weighted by molar-refractivity contribution is 1.10. The van der Waals surface area contributed by atoms with Gasteiger partial charge in [-0.2, -0.15) is 0 Å². The summed E-state index contributed by atoms with van der Waals surface area (Å²) in [6, 6.07) is 0.165. The molecule has 2 heteroatoms. The second kappa shape index (κ2) is 2.20. The number of rotatable bonds is 0. The Morgan fingerprint density at radius 2 is 2.25 bits per heavy atom. The quantitative estimate of drug-likeness (QED) is 0.421. The van der Waals surface area contributed by atoms with Crippen molar-refractivity contribution in [2.45, 2.75) is 6.04 Å². The summed E-state index contributed by atoms with van der Waals surface area (Å²) in [6.45, 7) is 0. The molecular formula is C6H9NSi. The van der Waals surface area contributed by atoms with Crippen molar-refractivity contribution in [3.8, 4) is 0 Å². The molecule has 0 amide bonds. The van der Waals surface area contributed by atoms with E-state index < -0.39 is 0 Å². The van der Waals surface area contributed by atoms with E-state index in [4.69, 9.17) is 5.73 Å². The minimum absolute atomic E-state index is 0.165. The van der Waals surface area contributed by atoms with E-state index in [2.05, 4.69) is 0 Å². The van der Waals surface area contributed by atoms with Gasteiger partial charge in [0.2, 0.25) is 0 Å². The molecule has 42 valence electrons. The van der Waals surface area contributed by atoms with Crippen LogP contribution in [0.2, 0.25) is 0 Å². The Labute approximate surface area is 51.9 Å². The molecule has 0 saturated heterocycles. The van der Waals surface area contributed by atoms with Crippen molar-refractivity contribution < 1.29 is 0 Å². The maximum Gasteiger partial charge on any atom is 0.0434 e. The lowest BCUT2D eigenvalue weighted by atomic mass is 10.1. The molecule has 1 unspecified atom stereocenters. The Morgan fingerprint density at radius 1 is 1.50 bits per heavy atom. The van der Waals surface area contributed by atoms with Crippen molar-refractivity contribution in [1.29, 1.82) is 0 Å². The maximum atomic E-state index is 5.61. The standard InChI is InChI=1S/C6H9NSi/c7-5-3-1-2-4-6(5)8/h1-5H,7-8H2. The van der Waals surface area contributed by atoms with Gasteiger partial charge < -0.3 is 5.73 Å². The molecule has 0 heterocycles. The summed E-state index contributed by atoms with van der Waals surface area (Å²) < 4.78 is 0. The topological polar surface area (TPSA) is 26.0 Å². The molecule has 1 atom stereocenters. The van der Waals surface area contributed by atoms with Crippen molar-refractivity contribution >= 4 is 15.0 Å². The average molecular weight is 123 g/mol. The third kappa shape index (κ3) is 1.02. The fourth-order valence-corrected chi connectivity index (χ4v) is 0.870. The Morgan fingerprint density at radius 3 is 2.62 bits per heavy atom. The van der Waals surface area contributed by atoms with Crippen LogP contribution in [0, 0.1) is 0 Å². The van der Waals surface area contributed by atoms with Gasteiger partial charge in [0.15, 0.2) is 0 Å². The number of nitrogens with two attached hydrogens (primary N) is 1. The molecule has 1 rings (SSSR count). The second-order valence-electron chi connectivity index (χ2n) is 1.84. The predicted octanol–water partition coefficient (Wildman–Crippen LogP) is -0.755. The first-order valence-electron chi connectivity index (χ1n) is 2.60. The minimum atomic E-state index is 0.165. The molecule has 0 aromatic carbocycles. The SMILES string of the molecule is NC1C=CC=CC1=[SiH2]. The fourth-order valence-electron chi connectivity index (χ4n) is 0.598. The van der Waals surface area contributed by atoms with Crippen molar-refractivity contribution in [3.05, 3.63) is 24.3 Å². The Hall–Kier alpha value is -0.473. The van der Waals surface area contributed by atoms with Gasteiger partial charge in [-0.3, -0.25) is 0 Å². The van der Waals surface area contributed by atoms with Crippen LogP contribution >= 0.6 is 0 Å². The highest BCUT2D eigenvalue weighted by molar-refractivity contribution is 6.44. The summed E-state index contributed by atoms with van der Waals surface area (Å²) >= 11 is 0. The Bertz CT molecular complexity index is 158. The third-order valence-corrected chi connectivity index (χ3v) is 1.88. The van der Waals surface area contributed by atoms with Crippen LogP contribution < -0.4 is 5.73 Å². The van der Waals surface area contributed by atoms with Crippen molar-refractivity contribution in [1.82, 2.24) is 0 Å². The van der Waals surface area contributed by atoms with Gasteiger partial charge in [-0.05, 0) is 9.85 Å². The highest BCUT2D eigenvalue weighted by Gasteiger charge is 1.99. The van der Waals surface area contributed by atoms with E-state index in [1.54, 1.807) is 0 Å². The van der Waals surface area contributed by atoms with E-state index in [0.29, 0.717) is 0 Å². The van der Waals surface area contributed by atoms with Gasteiger partial charge in [0.1, 0.15) is 0 Å². The second-order valence-corrected chi connectivity index (χ2v) is 2.66. The van der Waals surface area contributed by atoms with Crippen LogP contribution in [0.3, 0.4) is 0 Å². The summed E-state index contributed by atoms with van der Waals surface area (Å²) in [5, 5.41) is 1.26. The zero-order chi connectivity index (χ0) is 5.98. The summed E-state index contributed by atoms with van der Waals surface area (Å²) in [5.41, 5.74) is 5.61. The van der Waals surface area contributed by atoms with Gasteiger partial charge in [0.25, 0.3) is 0 Å². The van der Waals surface area contributed by atoms with Crippen LogP contribution in [0.15, 0.2) is 24.3 Å². The highest BCUT2D eigenvalue weighted by atomic mass is 28.1. The van der Waals surface area contributed by atoms with E-state index in [1.807, 2.05) is 34.2 Å². The monoisotopic (exact) mass is 123 g/mol. The molecule has 2 N–H and O–H groups in total. The molecular weight excluding hydrogens is 114 g/mol. The molecule has 0 fully saturated rings. The van der Waals surface area contributed by atoms with E-state index in [1.165, 1.54) is 5.17 Å². The molecule has 0 bridgehead atoms. The molecule has 0 spiro atoms. The van der Waals surface area contributed by atoms with E-state index in [0.717, 1.165) is 0 Å². The van der Waals surface area contributed by atoms with Crippen molar-refractivity contribution in [2.24, 2.45) is 5.73 Å². The van der Waals surface area contributed by atoms with Gasteiger partial charge in [0, 0.05) is 6.04 Å². The molecule has 1 nitrogen and oxygen atoms in total. The van der Waals surface area contributed by atoms with Gasteiger partial charge in [-0.25, -0.2) is 0 Å². The summed E-state index contributed by atoms with van der Waals surface area (Å²) in [5.74, 6) is 0. The minimum Gasteiger partial charge on any atom is -0.321 e. The summed E-state index contributed by atoms with van der Waals surface area (Å²) in [6.07, 6.45) is 8.01. The van der Waals surface area contributed by atoms with Crippen molar-refractivity contribution in [2.75, 3.05) is 0 Å². The normalized spacial score (nSPS) is 26.6. The molecule has 0 saturated carbocycles. The number of hydrogen-bond acceptors (Lipinski definition) is 1. The molecule has 1 aliphatic rings. The first-order chi connectivity index (χ1) is 3.80. The molecule has 8 heavy (non-hydrogen) atoms. The average Bonchev–Trinajstić information content (AvgIpc) is 1.77. The lowest BCUT2D eigenvalue weighted by Crippen LogP contribution is -2.28.